The molecule has 0 saturated heterocycles. The third-order valence-electron chi connectivity index (χ3n) is 3.36. The molecule has 1 atom stereocenters. The lowest BCUT2D eigenvalue weighted by Crippen LogP contribution is -2.41. The Morgan fingerprint density at radius 2 is 2.09 bits per heavy atom. The molecule has 7 nitrogen and oxygen atoms in total. The second-order valence-electron chi connectivity index (χ2n) is 4.86. The second kappa shape index (κ2) is 6.38. The average molecular weight is 306 g/mol. The number of carbonyl (C=O) groups excluding carboxylic acids is 2. The number of fused-ring (bicyclic) bond motifs is 1. The molecule has 1 aromatic heterocycles. The predicted octanol–water partition coefficient (Wildman–Crippen LogP) is 1.11. The van der Waals surface area contributed by atoms with E-state index in [4.69, 9.17) is 9.47 Å². The van der Waals surface area contributed by atoms with Crippen LogP contribution in [0, 0.1) is 0 Å². The fourth-order valence-electron chi connectivity index (χ4n) is 2.35. The van der Waals surface area contributed by atoms with Gasteiger partial charge in [0.2, 0.25) is 5.91 Å². The van der Waals surface area contributed by atoms with E-state index in [2.05, 4.69) is 5.32 Å². The number of esters is 1. The van der Waals surface area contributed by atoms with Gasteiger partial charge in [0.05, 0.1) is 19.7 Å². The van der Waals surface area contributed by atoms with Crippen LogP contribution in [-0.2, 0) is 20.7 Å². The Bertz CT molecular complexity index is 707. The number of hydrogen-bond acceptors (Lipinski definition) is 5. The Kier molecular flexibility index (Phi) is 4.55. The molecule has 0 aliphatic rings. The fraction of sp³-hybridized carbons (Fsp3) is 0.333. The predicted molar refractivity (Wildman–Crippen MR) is 79.0 cm³/mol. The summed E-state index contributed by atoms with van der Waals surface area (Å²) < 4.78 is 10.9. The number of hydrogen-bond donors (Lipinski definition) is 2. The van der Waals surface area contributed by atoms with Gasteiger partial charge in [-0.15, -0.1) is 0 Å². The quantitative estimate of drug-likeness (QED) is 0.638. The summed E-state index contributed by atoms with van der Waals surface area (Å²) in [6.45, 7) is 1.33. The number of aromatic nitrogens is 1. The Balaban J connectivity index is 2.39. The molecule has 0 aliphatic carbocycles. The van der Waals surface area contributed by atoms with Crippen molar-refractivity contribution in [2.75, 3.05) is 14.2 Å². The standard InChI is InChI=1S/C15H18N2O5/c1-9(18)16-13(15(19)22-3)6-10-8-17(20)14-5-4-11(21-2)7-12(10)14/h4-5,7-8,13,20H,6H2,1-3H3,(H,16,18)/t13-/m0/s1. The summed E-state index contributed by atoms with van der Waals surface area (Å²) in [6.07, 6.45) is 1.70. The van der Waals surface area contributed by atoms with Crippen LogP contribution in [0.15, 0.2) is 24.4 Å². The van der Waals surface area contributed by atoms with Crippen LogP contribution in [-0.4, -0.2) is 42.1 Å². The molecule has 22 heavy (non-hydrogen) atoms. The first-order chi connectivity index (χ1) is 10.5. The number of rotatable bonds is 5. The molecule has 1 amide bonds. The number of ether oxygens (including phenoxy) is 2. The van der Waals surface area contributed by atoms with Crippen molar-refractivity contribution in [1.82, 2.24) is 10.0 Å². The van der Waals surface area contributed by atoms with Gasteiger partial charge in [0.25, 0.3) is 0 Å². The summed E-state index contributed by atoms with van der Waals surface area (Å²) >= 11 is 0. The third-order valence-corrected chi connectivity index (χ3v) is 3.36. The van der Waals surface area contributed by atoms with Gasteiger partial charge in [-0.05, 0) is 23.8 Å². The molecule has 2 N–H and O–H groups in total. The van der Waals surface area contributed by atoms with Crippen LogP contribution in [0.2, 0.25) is 0 Å². The highest BCUT2D eigenvalue weighted by Crippen LogP contribution is 2.26. The lowest BCUT2D eigenvalue weighted by Gasteiger charge is -2.14. The highest BCUT2D eigenvalue weighted by atomic mass is 16.5. The van der Waals surface area contributed by atoms with Crippen LogP contribution in [0.4, 0.5) is 0 Å². The summed E-state index contributed by atoms with van der Waals surface area (Å²) in [6, 6.07) is 4.38. The molecular weight excluding hydrogens is 288 g/mol. The average Bonchev–Trinajstić information content (AvgIpc) is 2.81. The minimum absolute atomic E-state index is 0.198. The number of carbonyl (C=O) groups is 2. The lowest BCUT2D eigenvalue weighted by atomic mass is 10.0. The molecular formula is C15H18N2O5. The zero-order chi connectivity index (χ0) is 16.3. The van der Waals surface area contributed by atoms with Gasteiger partial charge in [0, 0.05) is 24.9 Å². The van der Waals surface area contributed by atoms with E-state index in [1.54, 1.807) is 25.3 Å². The molecule has 0 aliphatic heterocycles. The largest absolute Gasteiger partial charge is 0.497 e. The van der Waals surface area contributed by atoms with Gasteiger partial charge in [0.1, 0.15) is 11.8 Å². The summed E-state index contributed by atoms with van der Waals surface area (Å²) in [4.78, 5) is 23.0. The lowest BCUT2D eigenvalue weighted by molar-refractivity contribution is -0.144. The minimum atomic E-state index is -0.820. The molecule has 1 heterocycles. The van der Waals surface area contributed by atoms with E-state index in [0.717, 1.165) is 10.1 Å². The Morgan fingerprint density at radius 1 is 1.36 bits per heavy atom. The summed E-state index contributed by atoms with van der Waals surface area (Å²) in [7, 11) is 2.81. The fourth-order valence-corrected chi connectivity index (χ4v) is 2.35. The summed E-state index contributed by atoms with van der Waals surface area (Å²) in [5.41, 5.74) is 1.28. The van der Waals surface area contributed by atoms with Crippen LogP contribution in [0.3, 0.4) is 0 Å². The van der Waals surface area contributed by atoms with E-state index in [1.807, 2.05) is 0 Å². The molecule has 2 aromatic rings. The van der Waals surface area contributed by atoms with E-state index in [9.17, 15) is 14.8 Å². The Labute approximate surface area is 127 Å². The van der Waals surface area contributed by atoms with Crippen molar-refractivity contribution in [3.8, 4) is 5.75 Å². The number of amides is 1. The molecule has 7 heteroatoms. The van der Waals surface area contributed by atoms with E-state index in [1.165, 1.54) is 20.2 Å². The first kappa shape index (κ1) is 15.7. The van der Waals surface area contributed by atoms with E-state index < -0.39 is 12.0 Å². The van der Waals surface area contributed by atoms with Crippen LogP contribution in [0.1, 0.15) is 12.5 Å². The normalized spacial score (nSPS) is 12.0. The van der Waals surface area contributed by atoms with Gasteiger partial charge in [0.15, 0.2) is 0 Å². The first-order valence-corrected chi connectivity index (χ1v) is 6.68. The highest BCUT2D eigenvalue weighted by Gasteiger charge is 2.23. The van der Waals surface area contributed by atoms with Crippen LogP contribution >= 0.6 is 0 Å². The number of benzene rings is 1. The molecule has 0 saturated carbocycles. The molecule has 0 radical (unpaired) electrons. The number of nitrogens with one attached hydrogen (secondary N) is 1. The van der Waals surface area contributed by atoms with Gasteiger partial charge in [-0.2, -0.15) is 4.73 Å². The first-order valence-electron chi connectivity index (χ1n) is 6.68. The van der Waals surface area contributed by atoms with Crippen molar-refractivity contribution in [3.63, 3.8) is 0 Å². The Morgan fingerprint density at radius 3 is 2.68 bits per heavy atom. The van der Waals surface area contributed by atoms with E-state index in [0.29, 0.717) is 16.8 Å². The SMILES string of the molecule is COC(=O)[C@H](Cc1cn(O)c2ccc(OC)cc12)NC(C)=O. The topological polar surface area (TPSA) is 89.8 Å². The van der Waals surface area contributed by atoms with Crippen molar-refractivity contribution >= 4 is 22.8 Å². The molecule has 0 unspecified atom stereocenters. The molecule has 2 rings (SSSR count). The third kappa shape index (κ3) is 3.13. The maximum absolute atomic E-state index is 11.8. The molecule has 118 valence electrons. The monoisotopic (exact) mass is 306 g/mol. The van der Waals surface area contributed by atoms with Crippen molar-refractivity contribution < 1.29 is 24.3 Å². The van der Waals surface area contributed by atoms with Crippen LogP contribution in [0.5, 0.6) is 5.75 Å². The minimum Gasteiger partial charge on any atom is -0.497 e. The van der Waals surface area contributed by atoms with Crippen LogP contribution < -0.4 is 10.1 Å². The van der Waals surface area contributed by atoms with Gasteiger partial charge >= 0.3 is 5.97 Å². The molecule has 0 spiro atoms. The summed E-state index contributed by atoms with van der Waals surface area (Å²) in [5, 5.41) is 13.2. The van der Waals surface area contributed by atoms with Crippen molar-refractivity contribution in [2.45, 2.75) is 19.4 Å². The Hall–Kier alpha value is -2.70. The van der Waals surface area contributed by atoms with Gasteiger partial charge in [-0.25, -0.2) is 4.79 Å². The van der Waals surface area contributed by atoms with E-state index in [-0.39, 0.29) is 12.3 Å². The van der Waals surface area contributed by atoms with Gasteiger partial charge in [-0.1, -0.05) is 0 Å². The molecule has 1 aromatic carbocycles. The van der Waals surface area contributed by atoms with Gasteiger partial charge in [-0.3, -0.25) is 4.79 Å². The zero-order valence-electron chi connectivity index (χ0n) is 12.6. The molecule has 0 fully saturated rings. The highest BCUT2D eigenvalue weighted by molar-refractivity contribution is 5.87. The summed E-state index contributed by atoms with van der Waals surface area (Å²) in [5.74, 6) is -0.244. The van der Waals surface area contributed by atoms with E-state index >= 15 is 0 Å². The number of methoxy groups -OCH3 is 2. The molecule has 0 bridgehead atoms. The number of nitrogens with zero attached hydrogens (tertiary/aromatic N) is 1. The van der Waals surface area contributed by atoms with Crippen molar-refractivity contribution in [2.24, 2.45) is 0 Å². The maximum Gasteiger partial charge on any atom is 0.328 e. The van der Waals surface area contributed by atoms with Crippen molar-refractivity contribution in [1.29, 1.82) is 0 Å². The van der Waals surface area contributed by atoms with Crippen molar-refractivity contribution in [3.05, 3.63) is 30.0 Å². The smallest absolute Gasteiger partial charge is 0.328 e. The van der Waals surface area contributed by atoms with Gasteiger partial charge < -0.3 is 20.0 Å². The second-order valence-corrected chi connectivity index (χ2v) is 4.86. The zero-order valence-corrected chi connectivity index (χ0v) is 12.6. The van der Waals surface area contributed by atoms with Crippen LogP contribution in [0.25, 0.3) is 10.9 Å². The maximum atomic E-state index is 11.8.